The van der Waals surface area contributed by atoms with Crippen molar-refractivity contribution in [2.24, 2.45) is 11.8 Å². The molecule has 0 aromatic heterocycles. The molecule has 0 amide bonds. The zero-order valence-corrected chi connectivity index (χ0v) is 13.0. The van der Waals surface area contributed by atoms with Gasteiger partial charge in [-0.25, -0.2) is 0 Å². The molecule has 0 bridgehead atoms. The highest BCUT2D eigenvalue weighted by Crippen LogP contribution is 2.41. The number of hydrogen-bond donors (Lipinski definition) is 1. The summed E-state index contributed by atoms with van der Waals surface area (Å²) >= 11 is 0. The topological polar surface area (TPSA) is 29.5 Å². The minimum absolute atomic E-state index is 0.267. The molecule has 2 nitrogen and oxygen atoms in total. The van der Waals surface area contributed by atoms with Crippen molar-refractivity contribution in [3.63, 3.8) is 0 Å². The fraction of sp³-hybridized carbons (Fsp3) is 0.857. The normalized spacial score (nSPS) is 27.4. The van der Waals surface area contributed by atoms with Crippen LogP contribution in [0.1, 0.15) is 33.6 Å². The predicted molar refractivity (Wildman–Crippen MR) is 75.6 cm³/mol. The average molecular weight is 256 g/mol. The second-order valence-corrected chi connectivity index (χ2v) is 11.6. The largest absolute Gasteiger partial charge is 0.417 e. The van der Waals surface area contributed by atoms with E-state index >= 15 is 0 Å². The second-order valence-electron chi connectivity index (χ2n) is 6.80. The zero-order chi connectivity index (χ0) is 13.3. The van der Waals surface area contributed by atoms with Crippen molar-refractivity contribution in [3.05, 3.63) is 12.7 Å². The molecule has 1 N–H and O–H groups in total. The van der Waals surface area contributed by atoms with Gasteiger partial charge in [0.1, 0.15) is 0 Å². The maximum atomic E-state index is 9.78. The van der Waals surface area contributed by atoms with Crippen molar-refractivity contribution >= 4 is 8.32 Å². The molecule has 3 heteroatoms. The van der Waals surface area contributed by atoms with E-state index in [4.69, 9.17) is 4.43 Å². The Morgan fingerprint density at radius 1 is 1.41 bits per heavy atom. The van der Waals surface area contributed by atoms with E-state index in [1.807, 2.05) is 0 Å². The van der Waals surface area contributed by atoms with Crippen molar-refractivity contribution < 1.29 is 9.53 Å². The third kappa shape index (κ3) is 3.43. The minimum Gasteiger partial charge on any atom is -0.417 e. The summed E-state index contributed by atoms with van der Waals surface area (Å²) in [7, 11) is -1.63. The number of hydrogen-bond acceptors (Lipinski definition) is 2. The van der Waals surface area contributed by atoms with Crippen LogP contribution in [0.4, 0.5) is 0 Å². The first-order valence-electron chi connectivity index (χ1n) is 6.63. The van der Waals surface area contributed by atoms with Gasteiger partial charge in [0, 0.05) is 6.61 Å². The Morgan fingerprint density at radius 3 is 2.35 bits per heavy atom. The monoisotopic (exact) mass is 256 g/mol. The van der Waals surface area contributed by atoms with Crippen LogP contribution in [-0.4, -0.2) is 26.1 Å². The quantitative estimate of drug-likeness (QED) is 0.602. The molecule has 1 fully saturated rings. The van der Waals surface area contributed by atoms with Gasteiger partial charge in [-0.15, -0.1) is 6.58 Å². The highest BCUT2D eigenvalue weighted by molar-refractivity contribution is 6.74. The summed E-state index contributed by atoms with van der Waals surface area (Å²) in [5.41, 5.74) is 0. The van der Waals surface area contributed by atoms with Gasteiger partial charge in [0.15, 0.2) is 8.32 Å². The van der Waals surface area contributed by atoms with Gasteiger partial charge in [0.2, 0.25) is 0 Å². The molecule has 0 saturated heterocycles. The summed E-state index contributed by atoms with van der Waals surface area (Å²) in [5.74, 6) is 0.898. The lowest BCUT2D eigenvalue weighted by Gasteiger charge is -2.43. The molecule has 1 rings (SSSR count). The maximum absolute atomic E-state index is 9.78. The maximum Gasteiger partial charge on any atom is 0.191 e. The summed E-state index contributed by atoms with van der Waals surface area (Å²) in [6.45, 7) is 15.8. The molecule has 100 valence electrons. The molecule has 1 aliphatic rings. The minimum atomic E-state index is -1.63. The Hall–Kier alpha value is -0.123. The number of aliphatic hydroxyl groups is 1. The zero-order valence-electron chi connectivity index (χ0n) is 12.0. The van der Waals surface area contributed by atoms with E-state index in [2.05, 4.69) is 40.4 Å². The average Bonchev–Trinajstić information content (AvgIpc) is 2.14. The molecular formula is C14H28O2Si. The highest BCUT2D eigenvalue weighted by Gasteiger charge is 2.40. The van der Waals surface area contributed by atoms with Gasteiger partial charge in [-0.2, -0.15) is 0 Å². The van der Waals surface area contributed by atoms with Crippen LogP contribution in [0.3, 0.4) is 0 Å². The molecule has 0 unspecified atom stereocenters. The number of aliphatic hydroxyl groups excluding tert-OH is 1. The standard InChI is InChI=1S/C14H28O2Si/c1-7-13(15)12-9-8-11(12)10-16-17(5,6)14(2,3)4/h7,11-13,15H,1,8-10H2,2-6H3/t11-,12+,13-/m0/s1. The van der Waals surface area contributed by atoms with Gasteiger partial charge >= 0.3 is 0 Å². The smallest absolute Gasteiger partial charge is 0.191 e. The lowest BCUT2D eigenvalue weighted by Crippen LogP contribution is -2.45. The van der Waals surface area contributed by atoms with Crippen molar-refractivity contribution in [1.82, 2.24) is 0 Å². The second kappa shape index (κ2) is 5.25. The summed E-state index contributed by atoms with van der Waals surface area (Å²) in [6.07, 6.45) is 3.60. The molecule has 1 aliphatic carbocycles. The summed E-state index contributed by atoms with van der Waals surface area (Å²) in [6, 6.07) is 0. The van der Waals surface area contributed by atoms with Crippen LogP contribution in [-0.2, 0) is 4.43 Å². The molecule has 0 aromatic rings. The van der Waals surface area contributed by atoms with Gasteiger partial charge < -0.3 is 9.53 Å². The van der Waals surface area contributed by atoms with Crippen molar-refractivity contribution in [1.29, 1.82) is 0 Å². The van der Waals surface area contributed by atoms with E-state index in [0.29, 0.717) is 11.8 Å². The Morgan fingerprint density at radius 2 is 2.00 bits per heavy atom. The first kappa shape index (κ1) is 14.9. The summed E-state index contributed by atoms with van der Waals surface area (Å²) < 4.78 is 6.22. The fourth-order valence-corrected chi connectivity index (χ4v) is 3.02. The van der Waals surface area contributed by atoms with E-state index in [9.17, 15) is 5.11 Å². The molecule has 17 heavy (non-hydrogen) atoms. The Balaban J connectivity index is 2.44. The first-order chi connectivity index (χ1) is 7.69. The molecule has 0 heterocycles. The first-order valence-corrected chi connectivity index (χ1v) is 9.54. The van der Waals surface area contributed by atoms with Crippen LogP contribution < -0.4 is 0 Å². The predicted octanol–water partition coefficient (Wildman–Crippen LogP) is 3.58. The van der Waals surface area contributed by atoms with Gasteiger partial charge in [-0.1, -0.05) is 26.8 Å². The molecule has 0 aliphatic heterocycles. The molecule has 0 aromatic carbocycles. The third-order valence-corrected chi connectivity index (χ3v) is 9.12. The lowest BCUT2D eigenvalue weighted by molar-refractivity contribution is 0.0144. The molecular weight excluding hydrogens is 228 g/mol. The lowest BCUT2D eigenvalue weighted by atomic mass is 9.71. The summed E-state index contributed by atoms with van der Waals surface area (Å²) in [5, 5.41) is 10.0. The van der Waals surface area contributed by atoms with E-state index < -0.39 is 8.32 Å². The highest BCUT2D eigenvalue weighted by atomic mass is 28.4. The molecule has 1 saturated carbocycles. The van der Waals surface area contributed by atoms with Crippen LogP contribution in [0.25, 0.3) is 0 Å². The molecule has 0 spiro atoms. The van der Waals surface area contributed by atoms with Gasteiger partial charge in [0.25, 0.3) is 0 Å². The number of rotatable bonds is 5. The van der Waals surface area contributed by atoms with Crippen LogP contribution in [0.5, 0.6) is 0 Å². The Bertz CT molecular complexity index is 268. The van der Waals surface area contributed by atoms with Crippen molar-refractivity contribution in [2.75, 3.05) is 6.61 Å². The van der Waals surface area contributed by atoms with Gasteiger partial charge in [0.05, 0.1) is 6.10 Å². The third-order valence-electron chi connectivity index (χ3n) is 4.62. The molecule has 3 atom stereocenters. The molecule has 0 radical (unpaired) electrons. The van der Waals surface area contributed by atoms with Crippen LogP contribution in [0, 0.1) is 11.8 Å². The van der Waals surface area contributed by atoms with E-state index in [0.717, 1.165) is 13.0 Å². The van der Waals surface area contributed by atoms with Gasteiger partial charge in [-0.05, 0) is 42.8 Å². The van der Waals surface area contributed by atoms with Crippen LogP contribution in [0.2, 0.25) is 18.1 Å². The van der Waals surface area contributed by atoms with Gasteiger partial charge in [-0.3, -0.25) is 0 Å². The fourth-order valence-electron chi connectivity index (χ4n) is 1.96. The van der Waals surface area contributed by atoms with Crippen molar-refractivity contribution in [2.45, 2.75) is 57.8 Å². The SMILES string of the molecule is C=C[C@H](O)[C@@H]1CC[C@H]1CO[Si](C)(C)C(C)(C)C. The summed E-state index contributed by atoms with van der Waals surface area (Å²) in [4.78, 5) is 0. The van der Waals surface area contributed by atoms with Crippen LogP contribution in [0.15, 0.2) is 12.7 Å². The van der Waals surface area contributed by atoms with E-state index in [1.165, 1.54) is 6.42 Å². The Labute approximate surface area is 107 Å². The Kier molecular flexibility index (Phi) is 4.61. The van der Waals surface area contributed by atoms with E-state index in [1.54, 1.807) is 6.08 Å². The van der Waals surface area contributed by atoms with E-state index in [-0.39, 0.29) is 11.1 Å². The van der Waals surface area contributed by atoms with Crippen LogP contribution >= 0.6 is 0 Å². The van der Waals surface area contributed by atoms with Crippen molar-refractivity contribution in [3.8, 4) is 0 Å².